The van der Waals surface area contributed by atoms with Gasteiger partial charge in [-0.15, -0.1) is 0 Å². The van der Waals surface area contributed by atoms with Crippen molar-refractivity contribution in [3.05, 3.63) is 53.6 Å². The van der Waals surface area contributed by atoms with Crippen molar-refractivity contribution in [2.75, 3.05) is 39.4 Å². The van der Waals surface area contributed by atoms with Gasteiger partial charge in [-0.25, -0.2) is 4.98 Å². The van der Waals surface area contributed by atoms with E-state index in [2.05, 4.69) is 20.5 Å². The van der Waals surface area contributed by atoms with Crippen molar-refractivity contribution in [2.45, 2.75) is 44.4 Å². The Bertz CT molecular complexity index is 1090. The fourth-order valence-corrected chi connectivity index (χ4v) is 4.93. The minimum Gasteiger partial charge on any atom is -0.379 e. The molecule has 0 unspecified atom stereocenters. The number of ether oxygens (including phenoxy) is 1. The molecule has 1 saturated heterocycles. The number of nitrogens with one attached hydrogen (secondary N) is 2. The summed E-state index contributed by atoms with van der Waals surface area (Å²) in [4.78, 5) is 48.2. The first-order valence-electron chi connectivity index (χ1n) is 12.3. The maximum Gasteiger partial charge on any atom is 0.274 e. The third-order valence-corrected chi connectivity index (χ3v) is 7.00. The molecule has 3 heterocycles. The third kappa shape index (κ3) is 4.81. The summed E-state index contributed by atoms with van der Waals surface area (Å²) in [6, 6.07) is 9.68. The number of nitrogens with zero attached hydrogens (tertiary/aromatic N) is 4. The maximum absolute atomic E-state index is 13.7. The van der Waals surface area contributed by atoms with Crippen LogP contribution < -0.4 is 10.6 Å². The Morgan fingerprint density at radius 1 is 1.14 bits per heavy atom. The smallest absolute Gasteiger partial charge is 0.274 e. The van der Waals surface area contributed by atoms with Crippen molar-refractivity contribution in [1.29, 1.82) is 0 Å². The van der Waals surface area contributed by atoms with E-state index in [1.807, 2.05) is 30.3 Å². The number of hydrogen-bond donors (Lipinski definition) is 2. The second-order valence-corrected chi connectivity index (χ2v) is 9.63. The van der Waals surface area contributed by atoms with Gasteiger partial charge < -0.3 is 24.8 Å². The summed E-state index contributed by atoms with van der Waals surface area (Å²) in [5, 5.41) is 5.90. The Labute approximate surface area is 204 Å². The normalized spacial score (nSPS) is 22.5. The Kier molecular flexibility index (Phi) is 6.57. The Balaban J connectivity index is 1.30. The highest BCUT2D eigenvalue weighted by atomic mass is 16.5. The molecule has 1 aromatic heterocycles. The van der Waals surface area contributed by atoms with Crippen LogP contribution in [0.25, 0.3) is 0 Å². The van der Waals surface area contributed by atoms with E-state index in [1.54, 1.807) is 16.4 Å². The lowest BCUT2D eigenvalue weighted by Crippen LogP contribution is -2.64. The lowest BCUT2D eigenvalue weighted by molar-refractivity contribution is -0.133. The van der Waals surface area contributed by atoms with Gasteiger partial charge in [0.25, 0.3) is 11.8 Å². The molecule has 10 nitrogen and oxygen atoms in total. The molecule has 0 spiro atoms. The predicted molar refractivity (Wildman–Crippen MR) is 128 cm³/mol. The molecule has 1 aromatic carbocycles. The van der Waals surface area contributed by atoms with Gasteiger partial charge in [0.1, 0.15) is 11.2 Å². The summed E-state index contributed by atoms with van der Waals surface area (Å²) in [5.74, 6) is -0.891. The second-order valence-electron chi connectivity index (χ2n) is 9.63. The fourth-order valence-electron chi connectivity index (χ4n) is 4.93. The van der Waals surface area contributed by atoms with E-state index >= 15 is 0 Å². The number of imidazole rings is 1. The number of hydrogen-bond acceptors (Lipinski definition) is 6. The molecule has 2 fully saturated rings. The van der Waals surface area contributed by atoms with Gasteiger partial charge >= 0.3 is 0 Å². The highest BCUT2D eigenvalue weighted by Crippen LogP contribution is 2.38. The van der Waals surface area contributed by atoms with Crippen LogP contribution >= 0.6 is 0 Å². The van der Waals surface area contributed by atoms with Gasteiger partial charge in [-0.1, -0.05) is 30.3 Å². The van der Waals surface area contributed by atoms with Crippen molar-refractivity contribution in [3.8, 4) is 0 Å². The van der Waals surface area contributed by atoms with Crippen LogP contribution in [0.5, 0.6) is 0 Å². The molecular formula is C25H32N6O4. The van der Waals surface area contributed by atoms with Crippen LogP contribution in [0.1, 0.15) is 46.3 Å². The summed E-state index contributed by atoms with van der Waals surface area (Å²) < 4.78 is 7.01. The number of fused-ring (bicyclic) bond motifs is 1. The first-order chi connectivity index (χ1) is 17.0. The molecule has 3 amide bonds. The van der Waals surface area contributed by atoms with Gasteiger partial charge in [0.15, 0.2) is 5.69 Å². The van der Waals surface area contributed by atoms with Crippen LogP contribution in [-0.4, -0.2) is 88.0 Å². The zero-order valence-electron chi connectivity index (χ0n) is 20.0. The molecule has 186 valence electrons. The number of carbonyl (C=O) groups excluding carboxylic acids is 3. The fraction of sp³-hybridized carbons (Fsp3) is 0.520. The van der Waals surface area contributed by atoms with Crippen LogP contribution in [0.2, 0.25) is 0 Å². The molecule has 0 radical (unpaired) electrons. The van der Waals surface area contributed by atoms with Crippen molar-refractivity contribution < 1.29 is 19.1 Å². The molecule has 1 atom stereocenters. The van der Waals surface area contributed by atoms with Crippen molar-refractivity contribution in [3.63, 3.8) is 0 Å². The molecule has 10 heteroatoms. The van der Waals surface area contributed by atoms with Gasteiger partial charge in [0.05, 0.1) is 26.1 Å². The average Bonchev–Trinajstić information content (AvgIpc) is 3.61. The highest BCUT2D eigenvalue weighted by molar-refractivity contribution is 6.07. The zero-order valence-corrected chi connectivity index (χ0v) is 20.0. The van der Waals surface area contributed by atoms with E-state index in [9.17, 15) is 14.4 Å². The molecule has 1 aliphatic carbocycles. The van der Waals surface area contributed by atoms with Gasteiger partial charge in [0, 0.05) is 38.8 Å². The minimum atomic E-state index is -1.06. The topological polar surface area (TPSA) is 109 Å². The molecule has 0 bridgehead atoms. The molecule has 35 heavy (non-hydrogen) atoms. The number of carbonyl (C=O) groups is 3. The van der Waals surface area contributed by atoms with Crippen LogP contribution in [0.15, 0.2) is 36.7 Å². The standard InChI is InChI=1S/C25H32N6O4/c1-25(24(34)27-15-18-5-3-2-4-6-18)16-30-17-28-20(21(30)23(33)31(25)19-7-8-19)22(32)26-9-10-29-11-13-35-14-12-29/h2-6,17,19H,7-16H2,1H3,(H,26,32)(H,27,34)/t25-/m1/s1. The van der Waals surface area contributed by atoms with E-state index in [4.69, 9.17) is 4.74 Å². The largest absolute Gasteiger partial charge is 0.379 e. The number of amides is 3. The van der Waals surface area contributed by atoms with Crippen LogP contribution in [0, 0.1) is 0 Å². The first-order valence-corrected chi connectivity index (χ1v) is 12.3. The van der Waals surface area contributed by atoms with Gasteiger partial charge in [-0.2, -0.15) is 0 Å². The van der Waals surface area contributed by atoms with Crippen molar-refractivity contribution >= 4 is 17.7 Å². The first kappa shape index (κ1) is 23.5. The Hall–Kier alpha value is -3.24. The number of morpholine rings is 1. The highest BCUT2D eigenvalue weighted by Gasteiger charge is 2.53. The quantitative estimate of drug-likeness (QED) is 0.574. The van der Waals surface area contributed by atoms with Crippen LogP contribution in [0.4, 0.5) is 0 Å². The number of aromatic nitrogens is 2. The van der Waals surface area contributed by atoms with E-state index in [0.717, 1.165) is 31.5 Å². The van der Waals surface area contributed by atoms with Crippen LogP contribution in [-0.2, 0) is 22.6 Å². The van der Waals surface area contributed by atoms with Crippen molar-refractivity contribution in [2.24, 2.45) is 0 Å². The molecule has 2 N–H and O–H groups in total. The number of benzene rings is 1. The summed E-state index contributed by atoms with van der Waals surface area (Å²) in [6.45, 7) is 6.70. The van der Waals surface area contributed by atoms with Crippen molar-refractivity contribution in [1.82, 2.24) is 30.0 Å². The van der Waals surface area contributed by atoms with E-state index in [-0.39, 0.29) is 41.7 Å². The van der Waals surface area contributed by atoms with Gasteiger partial charge in [0.2, 0.25) is 5.91 Å². The minimum absolute atomic E-state index is 0.00384. The predicted octanol–water partition coefficient (Wildman–Crippen LogP) is 0.638. The van der Waals surface area contributed by atoms with Gasteiger partial charge in [-0.3, -0.25) is 19.3 Å². The number of rotatable bonds is 8. The molecule has 1 saturated carbocycles. The molecular weight excluding hydrogens is 448 g/mol. The lowest BCUT2D eigenvalue weighted by Gasteiger charge is -2.44. The molecule has 2 aliphatic heterocycles. The SMILES string of the molecule is C[C@]1(C(=O)NCc2ccccc2)Cn2cnc(C(=O)NCCN3CCOCC3)c2C(=O)N1C1CC1. The lowest BCUT2D eigenvalue weighted by atomic mass is 9.93. The molecule has 2 aromatic rings. The van der Waals surface area contributed by atoms with E-state index in [0.29, 0.717) is 32.8 Å². The Morgan fingerprint density at radius 2 is 1.89 bits per heavy atom. The Morgan fingerprint density at radius 3 is 2.60 bits per heavy atom. The summed E-state index contributed by atoms with van der Waals surface area (Å²) in [7, 11) is 0. The third-order valence-electron chi connectivity index (χ3n) is 7.00. The van der Waals surface area contributed by atoms with E-state index in [1.165, 1.54) is 6.33 Å². The summed E-state index contributed by atoms with van der Waals surface area (Å²) in [6.07, 6.45) is 3.20. The average molecular weight is 481 g/mol. The molecule has 5 rings (SSSR count). The zero-order chi connectivity index (χ0) is 24.4. The second kappa shape index (κ2) is 9.79. The van der Waals surface area contributed by atoms with E-state index < -0.39 is 5.54 Å². The van der Waals surface area contributed by atoms with Crippen LogP contribution in [0.3, 0.4) is 0 Å². The monoisotopic (exact) mass is 480 g/mol. The molecule has 3 aliphatic rings. The summed E-state index contributed by atoms with van der Waals surface area (Å²) >= 11 is 0. The summed E-state index contributed by atoms with van der Waals surface area (Å²) in [5.41, 5.74) is 0.303. The maximum atomic E-state index is 13.7. The van der Waals surface area contributed by atoms with Gasteiger partial charge in [-0.05, 0) is 25.3 Å².